The number of carbonyl (C=O) groups is 1. The molecular formula is C20H33IN4O3. The highest BCUT2D eigenvalue weighted by molar-refractivity contribution is 14.0. The van der Waals surface area contributed by atoms with Crippen LogP contribution in [0.15, 0.2) is 29.3 Å². The van der Waals surface area contributed by atoms with E-state index in [1.54, 1.807) is 12.0 Å². The lowest BCUT2D eigenvalue weighted by Crippen LogP contribution is -2.42. The Hall–Kier alpha value is -1.55. The monoisotopic (exact) mass is 504 g/mol. The van der Waals surface area contributed by atoms with Crippen LogP contribution in [0.1, 0.15) is 39.2 Å². The van der Waals surface area contributed by atoms with Crippen molar-refractivity contribution in [2.45, 2.75) is 45.8 Å². The molecular weight excluding hydrogens is 471 g/mol. The first-order valence-electron chi connectivity index (χ1n) is 9.40. The quantitative estimate of drug-likeness (QED) is 0.362. The van der Waals surface area contributed by atoms with Crippen LogP contribution < -0.4 is 11.1 Å². The van der Waals surface area contributed by atoms with Gasteiger partial charge in [-0.1, -0.05) is 18.2 Å². The minimum atomic E-state index is -0.461. The molecule has 0 atom stereocenters. The van der Waals surface area contributed by atoms with Gasteiger partial charge < -0.3 is 25.4 Å². The number of para-hydroxylation sites is 1. The van der Waals surface area contributed by atoms with Crippen molar-refractivity contribution < 1.29 is 14.3 Å². The topological polar surface area (TPSA) is 89.2 Å². The van der Waals surface area contributed by atoms with Crippen molar-refractivity contribution in [3.63, 3.8) is 0 Å². The van der Waals surface area contributed by atoms with E-state index in [9.17, 15) is 4.79 Å². The number of hydrogen-bond donors (Lipinski definition) is 2. The molecule has 0 radical (unpaired) electrons. The second-order valence-electron chi connectivity index (χ2n) is 7.85. The minimum absolute atomic E-state index is 0. The van der Waals surface area contributed by atoms with Crippen molar-refractivity contribution in [2.75, 3.05) is 32.1 Å². The van der Waals surface area contributed by atoms with E-state index in [-0.39, 0.29) is 30.1 Å². The summed E-state index contributed by atoms with van der Waals surface area (Å²) >= 11 is 0. The van der Waals surface area contributed by atoms with Gasteiger partial charge in [-0.25, -0.2) is 4.79 Å². The van der Waals surface area contributed by atoms with E-state index in [0.29, 0.717) is 38.1 Å². The Bertz CT molecular complexity index is 653. The summed E-state index contributed by atoms with van der Waals surface area (Å²) in [4.78, 5) is 18.4. The first kappa shape index (κ1) is 24.5. The van der Waals surface area contributed by atoms with E-state index in [1.165, 1.54) is 0 Å². The van der Waals surface area contributed by atoms with Gasteiger partial charge in [0.2, 0.25) is 0 Å². The van der Waals surface area contributed by atoms with Crippen LogP contribution in [0.2, 0.25) is 0 Å². The molecule has 0 unspecified atom stereocenters. The molecule has 2 rings (SSSR count). The third-order valence-corrected chi connectivity index (χ3v) is 4.37. The van der Waals surface area contributed by atoms with Gasteiger partial charge in [-0.2, -0.15) is 0 Å². The number of rotatable bonds is 5. The zero-order valence-corrected chi connectivity index (χ0v) is 19.6. The molecule has 28 heavy (non-hydrogen) atoms. The first-order chi connectivity index (χ1) is 12.8. The average molecular weight is 504 g/mol. The van der Waals surface area contributed by atoms with Crippen LogP contribution in [0.3, 0.4) is 0 Å². The predicted molar refractivity (Wildman–Crippen MR) is 123 cm³/mol. The summed E-state index contributed by atoms with van der Waals surface area (Å²) in [5, 5.41) is 3.15. The van der Waals surface area contributed by atoms with Crippen LogP contribution >= 0.6 is 24.0 Å². The highest BCUT2D eigenvalue weighted by atomic mass is 127. The highest BCUT2D eigenvalue weighted by Gasteiger charge is 2.26. The Kier molecular flexibility index (Phi) is 10.0. The zero-order chi connectivity index (χ0) is 19.9. The second-order valence-corrected chi connectivity index (χ2v) is 7.85. The summed E-state index contributed by atoms with van der Waals surface area (Å²) in [5.41, 5.74) is 7.52. The van der Waals surface area contributed by atoms with Gasteiger partial charge in [-0.05, 0) is 45.6 Å². The number of carbonyl (C=O) groups excluding carboxylic acids is 1. The van der Waals surface area contributed by atoms with Gasteiger partial charge >= 0.3 is 6.09 Å². The number of halogens is 1. The summed E-state index contributed by atoms with van der Waals surface area (Å²) in [5.74, 6) is 0.811. The highest BCUT2D eigenvalue weighted by Crippen LogP contribution is 2.20. The summed E-state index contributed by atoms with van der Waals surface area (Å²) in [7, 11) is 1.66. The van der Waals surface area contributed by atoms with Gasteiger partial charge in [0.15, 0.2) is 5.96 Å². The van der Waals surface area contributed by atoms with Gasteiger partial charge in [0.25, 0.3) is 0 Å². The normalized spacial score (nSPS) is 15.7. The number of aliphatic imine (C=N–C) groups is 1. The molecule has 3 N–H and O–H groups in total. The van der Waals surface area contributed by atoms with E-state index in [0.717, 1.165) is 24.1 Å². The van der Waals surface area contributed by atoms with Crippen LogP contribution in [0.25, 0.3) is 0 Å². The molecule has 8 heteroatoms. The number of anilines is 1. The maximum atomic E-state index is 12.1. The van der Waals surface area contributed by atoms with Gasteiger partial charge in [-0.3, -0.25) is 4.99 Å². The number of nitrogens with zero attached hydrogens (tertiary/aromatic N) is 2. The molecule has 1 aromatic carbocycles. The Morgan fingerprint density at radius 2 is 1.93 bits per heavy atom. The molecule has 1 amide bonds. The van der Waals surface area contributed by atoms with E-state index >= 15 is 0 Å². The number of nitrogens with two attached hydrogens (primary N) is 1. The molecule has 0 bridgehead atoms. The number of piperidine rings is 1. The van der Waals surface area contributed by atoms with Crippen molar-refractivity contribution >= 4 is 41.7 Å². The molecule has 1 fully saturated rings. The van der Waals surface area contributed by atoms with Crippen LogP contribution in [0.5, 0.6) is 0 Å². The molecule has 1 saturated heterocycles. The second kappa shape index (κ2) is 11.5. The molecule has 1 aromatic rings. The Morgan fingerprint density at radius 3 is 2.54 bits per heavy atom. The standard InChI is InChI=1S/C20H32N4O3.HI/c1-20(2,3)27-19(25)24-11-9-15(10-12-24)13-22-18(21)23-17-8-6-5-7-16(17)14-26-4;/h5-8,15H,9-14H2,1-4H3,(H3,21,22,23);1H. The van der Waals surface area contributed by atoms with E-state index in [1.807, 2.05) is 45.0 Å². The Labute approximate surface area is 185 Å². The van der Waals surface area contributed by atoms with E-state index < -0.39 is 5.60 Å². The Balaban J connectivity index is 0.00000392. The lowest BCUT2D eigenvalue weighted by molar-refractivity contribution is 0.0187. The maximum Gasteiger partial charge on any atom is 0.410 e. The molecule has 158 valence electrons. The largest absolute Gasteiger partial charge is 0.444 e. The molecule has 0 spiro atoms. The Morgan fingerprint density at radius 1 is 1.29 bits per heavy atom. The summed E-state index contributed by atoms with van der Waals surface area (Å²) in [6, 6.07) is 7.86. The number of benzene rings is 1. The van der Waals surface area contributed by atoms with Crippen LogP contribution in [-0.4, -0.2) is 49.3 Å². The molecule has 1 aliphatic heterocycles. The molecule has 1 heterocycles. The van der Waals surface area contributed by atoms with Crippen molar-refractivity contribution in [1.82, 2.24) is 4.90 Å². The summed E-state index contributed by atoms with van der Waals surface area (Å²) in [6.07, 6.45) is 1.56. The van der Waals surface area contributed by atoms with Crippen LogP contribution in [0, 0.1) is 5.92 Å². The minimum Gasteiger partial charge on any atom is -0.444 e. The lowest BCUT2D eigenvalue weighted by Gasteiger charge is -2.33. The number of guanidine groups is 1. The van der Waals surface area contributed by atoms with Crippen molar-refractivity contribution in [1.29, 1.82) is 0 Å². The van der Waals surface area contributed by atoms with Crippen molar-refractivity contribution in [3.05, 3.63) is 29.8 Å². The number of hydrogen-bond acceptors (Lipinski definition) is 4. The lowest BCUT2D eigenvalue weighted by atomic mass is 9.97. The molecule has 1 aliphatic rings. The molecule has 0 saturated carbocycles. The van der Waals surface area contributed by atoms with Crippen molar-refractivity contribution in [2.24, 2.45) is 16.6 Å². The van der Waals surface area contributed by atoms with Gasteiger partial charge in [0.1, 0.15) is 5.60 Å². The SMILES string of the molecule is COCc1ccccc1NC(N)=NCC1CCN(C(=O)OC(C)(C)C)CC1.I. The number of methoxy groups -OCH3 is 1. The smallest absolute Gasteiger partial charge is 0.410 e. The number of ether oxygens (including phenoxy) is 2. The summed E-state index contributed by atoms with van der Waals surface area (Å²) in [6.45, 7) is 8.19. The van der Waals surface area contributed by atoms with Crippen LogP contribution in [0.4, 0.5) is 10.5 Å². The fourth-order valence-corrected chi connectivity index (χ4v) is 2.95. The van der Waals surface area contributed by atoms with Crippen molar-refractivity contribution in [3.8, 4) is 0 Å². The zero-order valence-electron chi connectivity index (χ0n) is 17.2. The third kappa shape index (κ3) is 8.22. The van der Waals surface area contributed by atoms with Gasteiger partial charge in [0, 0.05) is 38.0 Å². The predicted octanol–water partition coefficient (Wildman–Crippen LogP) is 3.82. The van der Waals surface area contributed by atoms with Gasteiger partial charge in [0.05, 0.1) is 6.61 Å². The fourth-order valence-electron chi connectivity index (χ4n) is 2.95. The average Bonchev–Trinajstić information content (AvgIpc) is 2.61. The molecule has 7 nitrogen and oxygen atoms in total. The number of likely N-dealkylation sites (tertiary alicyclic amines) is 1. The fraction of sp³-hybridized carbons (Fsp3) is 0.600. The first-order valence-corrected chi connectivity index (χ1v) is 9.40. The number of amides is 1. The summed E-state index contributed by atoms with van der Waals surface area (Å²) < 4.78 is 10.6. The van der Waals surface area contributed by atoms with Crippen LogP contribution in [-0.2, 0) is 16.1 Å². The maximum absolute atomic E-state index is 12.1. The third-order valence-electron chi connectivity index (χ3n) is 4.37. The van der Waals surface area contributed by atoms with E-state index in [2.05, 4.69) is 10.3 Å². The number of nitrogens with one attached hydrogen (secondary N) is 1. The molecule has 0 aliphatic carbocycles. The van der Waals surface area contributed by atoms with Gasteiger partial charge in [-0.15, -0.1) is 24.0 Å². The van der Waals surface area contributed by atoms with E-state index in [4.69, 9.17) is 15.2 Å². The molecule has 0 aromatic heterocycles.